The van der Waals surface area contributed by atoms with Crippen LogP contribution in [-0.4, -0.2) is 33.5 Å². The maximum Gasteiger partial charge on any atom is 0.161 e. The molecule has 0 saturated carbocycles. The quantitative estimate of drug-likeness (QED) is 0.706. The molecule has 4 nitrogen and oxygen atoms in total. The molecule has 4 heteroatoms. The Bertz CT molecular complexity index is 393. The maximum absolute atomic E-state index is 5.52. The van der Waals surface area contributed by atoms with Gasteiger partial charge in [0.2, 0.25) is 0 Å². The molecule has 20 heavy (non-hydrogen) atoms. The summed E-state index contributed by atoms with van der Waals surface area (Å²) in [7, 11) is 3.30. The minimum Gasteiger partial charge on any atom is -0.493 e. The monoisotopic (exact) mass is 281 g/mol. The van der Waals surface area contributed by atoms with E-state index in [1.54, 1.807) is 14.2 Å². The van der Waals surface area contributed by atoms with Crippen molar-refractivity contribution in [3.8, 4) is 11.5 Å². The Labute approximate surface area is 122 Å². The highest BCUT2D eigenvalue weighted by atomic mass is 16.5. The molecule has 0 aliphatic heterocycles. The van der Waals surface area contributed by atoms with Crippen LogP contribution in [0.4, 0.5) is 0 Å². The Morgan fingerprint density at radius 2 is 1.75 bits per heavy atom. The van der Waals surface area contributed by atoms with Crippen LogP contribution in [0.15, 0.2) is 18.2 Å². The zero-order valence-electron chi connectivity index (χ0n) is 13.2. The highest BCUT2D eigenvalue weighted by Crippen LogP contribution is 2.29. The zero-order chi connectivity index (χ0) is 15.0. The minimum absolute atomic E-state index is 0.272. The van der Waals surface area contributed by atoms with E-state index in [4.69, 9.17) is 14.2 Å². The van der Waals surface area contributed by atoms with Crippen LogP contribution in [0.3, 0.4) is 0 Å². The Morgan fingerprint density at radius 3 is 2.35 bits per heavy atom. The number of benzene rings is 1. The largest absolute Gasteiger partial charge is 0.493 e. The number of nitrogens with one attached hydrogen (secondary N) is 1. The molecule has 0 spiro atoms. The summed E-state index contributed by atoms with van der Waals surface area (Å²) in [6, 6.07) is 6.28. The van der Waals surface area contributed by atoms with Crippen LogP contribution in [0.1, 0.15) is 38.8 Å². The second-order valence-electron chi connectivity index (χ2n) is 5.06. The van der Waals surface area contributed by atoms with Crippen molar-refractivity contribution in [1.82, 2.24) is 5.32 Å². The lowest BCUT2D eigenvalue weighted by Crippen LogP contribution is -2.21. The van der Waals surface area contributed by atoms with Crippen LogP contribution in [0.5, 0.6) is 11.5 Å². The lowest BCUT2D eigenvalue weighted by Gasteiger charge is -2.16. The average Bonchev–Trinajstić information content (AvgIpc) is 2.45. The van der Waals surface area contributed by atoms with Crippen molar-refractivity contribution in [2.45, 2.75) is 39.3 Å². The van der Waals surface area contributed by atoms with Crippen LogP contribution < -0.4 is 14.8 Å². The third-order valence-electron chi connectivity index (χ3n) is 3.13. The van der Waals surface area contributed by atoms with Crippen molar-refractivity contribution in [2.24, 2.45) is 0 Å². The number of rotatable bonds is 9. The minimum atomic E-state index is 0.272. The standard InChI is InChI=1S/C16H27NO3/c1-12(2)20-10-6-9-17-13(3)14-7-8-15(18-4)16(11-14)19-5/h7-8,11-13,17H,6,9-10H2,1-5H3. The molecule has 114 valence electrons. The van der Waals surface area contributed by atoms with E-state index < -0.39 is 0 Å². The maximum atomic E-state index is 5.52. The molecule has 1 aromatic carbocycles. The predicted molar refractivity (Wildman–Crippen MR) is 81.7 cm³/mol. The van der Waals surface area contributed by atoms with E-state index in [9.17, 15) is 0 Å². The molecule has 1 aromatic rings. The summed E-state index contributed by atoms with van der Waals surface area (Å²) in [4.78, 5) is 0. The SMILES string of the molecule is COc1ccc(C(C)NCCCOC(C)C)cc1OC. The third kappa shape index (κ3) is 5.39. The molecule has 1 N–H and O–H groups in total. The first-order chi connectivity index (χ1) is 9.58. The van der Waals surface area contributed by atoms with Crippen molar-refractivity contribution in [3.63, 3.8) is 0 Å². The van der Waals surface area contributed by atoms with E-state index in [1.165, 1.54) is 5.56 Å². The zero-order valence-corrected chi connectivity index (χ0v) is 13.2. The van der Waals surface area contributed by atoms with E-state index in [0.29, 0.717) is 6.10 Å². The summed E-state index contributed by atoms with van der Waals surface area (Å²) >= 11 is 0. The van der Waals surface area contributed by atoms with E-state index in [2.05, 4.69) is 32.2 Å². The van der Waals surface area contributed by atoms with Gasteiger partial charge in [0.25, 0.3) is 0 Å². The second kappa shape index (κ2) is 8.82. The molecular weight excluding hydrogens is 254 g/mol. The van der Waals surface area contributed by atoms with Gasteiger partial charge in [-0.3, -0.25) is 0 Å². The fourth-order valence-electron chi connectivity index (χ4n) is 1.95. The molecule has 0 amide bonds. The van der Waals surface area contributed by atoms with Crippen LogP contribution in [-0.2, 0) is 4.74 Å². The summed E-state index contributed by atoms with van der Waals surface area (Å²) in [5.41, 5.74) is 1.19. The molecule has 0 saturated heterocycles. The summed E-state index contributed by atoms with van der Waals surface area (Å²) in [6.07, 6.45) is 1.31. The van der Waals surface area contributed by atoms with Gasteiger partial charge in [-0.25, -0.2) is 0 Å². The molecule has 1 unspecified atom stereocenters. The van der Waals surface area contributed by atoms with Crippen LogP contribution in [0, 0.1) is 0 Å². The van der Waals surface area contributed by atoms with Crippen molar-refractivity contribution < 1.29 is 14.2 Å². The van der Waals surface area contributed by atoms with Crippen LogP contribution in [0.25, 0.3) is 0 Å². The molecule has 0 heterocycles. The van der Waals surface area contributed by atoms with Crippen molar-refractivity contribution >= 4 is 0 Å². The summed E-state index contributed by atoms with van der Waals surface area (Å²) in [5.74, 6) is 1.52. The Morgan fingerprint density at radius 1 is 1.05 bits per heavy atom. The first kappa shape index (κ1) is 16.8. The second-order valence-corrected chi connectivity index (χ2v) is 5.06. The number of ether oxygens (including phenoxy) is 3. The molecule has 0 radical (unpaired) electrons. The van der Waals surface area contributed by atoms with Gasteiger partial charge in [0, 0.05) is 12.6 Å². The normalized spacial score (nSPS) is 12.5. The molecule has 0 aliphatic carbocycles. The average molecular weight is 281 g/mol. The van der Waals surface area contributed by atoms with Crippen molar-refractivity contribution in [3.05, 3.63) is 23.8 Å². The third-order valence-corrected chi connectivity index (χ3v) is 3.13. The fraction of sp³-hybridized carbons (Fsp3) is 0.625. The first-order valence-corrected chi connectivity index (χ1v) is 7.15. The fourth-order valence-corrected chi connectivity index (χ4v) is 1.95. The topological polar surface area (TPSA) is 39.7 Å². The van der Waals surface area contributed by atoms with Crippen molar-refractivity contribution in [1.29, 1.82) is 0 Å². The van der Waals surface area contributed by atoms with Gasteiger partial charge >= 0.3 is 0 Å². The molecule has 1 rings (SSSR count). The number of hydrogen-bond donors (Lipinski definition) is 1. The van der Waals surface area contributed by atoms with Gasteiger partial charge in [-0.15, -0.1) is 0 Å². The van der Waals surface area contributed by atoms with Gasteiger partial charge < -0.3 is 19.5 Å². The molecule has 0 bridgehead atoms. The molecule has 0 aliphatic rings. The van der Waals surface area contributed by atoms with Crippen molar-refractivity contribution in [2.75, 3.05) is 27.4 Å². The van der Waals surface area contributed by atoms with Gasteiger partial charge in [0.05, 0.1) is 20.3 Å². The van der Waals surface area contributed by atoms with E-state index in [-0.39, 0.29) is 6.04 Å². The number of methoxy groups -OCH3 is 2. The van der Waals surface area contributed by atoms with Gasteiger partial charge in [0.1, 0.15) is 0 Å². The predicted octanol–water partition coefficient (Wildman–Crippen LogP) is 3.17. The lowest BCUT2D eigenvalue weighted by atomic mass is 10.1. The summed E-state index contributed by atoms with van der Waals surface area (Å²) in [6.45, 7) is 7.98. The highest BCUT2D eigenvalue weighted by Gasteiger charge is 2.09. The highest BCUT2D eigenvalue weighted by molar-refractivity contribution is 5.43. The molecule has 1 atom stereocenters. The Balaban J connectivity index is 2.45. The van der Waals surface area contributed by atoms with E-state index in [0.717, 1.165) is 31.1 Å². The van der Waals surface area contributed by atoms with Gasteiger partial charge in [0.15, 0.2) is 11.5 Å². The van der Waals surface area contributed by atoms with Crippen LogP contribution in [0.2, 0.25) is 0 Å². The molecule has 0 fully saturated rings. The summed E-state index contributed by atoms with van der Waals surface area (Å²) in [5, 5.41) is 3.49. The number of hydrogen-bond acceptors (Lipinski definition) is 4. The van der Waals surface area contributed by atoms with E-state index >= 15 is 0 Å². The molecular formula is C16H27NO3. The first-order valence-electron chi connectivity index (χ1n) is 7.15. The van der Waals surface area contributed by atoms with Gasteiger partial charge in [-0.05, 0) is 51.4 Å². The Hall–Kier alpha value is -1.26. The Kier molecular flexibility index (Phi) is 7.41. The molecule has 0 aromatic heterocycles. The lowest BCUT2D eigenvalue weighted by molar-refractivity contribution is 0.0768. The van der Waals surface area contributed by atoms with Gasteiger partial charge in [-0.2, -0.15) is 0 Å². The summed E-state index contributed by atoms with van der Waals surface area (Å²) < 4.78 is 16.1. The van der Waals surface area contributed by atoms with Gasteiger partial charge in [-0.1, -0.05) is 6.07 Å². The van der Waals surface area contributed by atoms with Crippen LogP contribution >= 0.6 is 0 Å². The van der Waals surface area contributed by atoms with E-state index in [1.807, 2.05) is 12.1 Å². The smallest absolute Gasteiger partial charge is 0.161 e.